The summed E-state index contributed by atoms with van der Waals surface area (Å²) in [6.45, 7) is 0. The van der Waals surface area contributed by atoms with Crippen LogP contribution in [-0.4, -0.2) is 10.8 Å². The van der Waals surface area contributed by atoms with Crippen LogP contribution >= 0.6 is 0 Å². The molecule has 1 heterocycles. The molecule has 1 fully saturated rings. The average Bonchev–Trinajstić information content (AvgIpc) is 2.29. The van der Waals surface area contributed by atoms with Gasteiger partial charge in [0.05, 0.1) is 0 Å². The van der Waals surface area contributed by atoms with Crippen LogP contribution < -0.4 is 5.56 Å². The quantitative estimate of drug-likeness (QED) is 0.745. The highest BCUT2D eigenvalue weighted by Gasteiger charge is 2.39. The maximum absolute atomic E-state index is 12.1. The molecule has 3 rings (SSSR count). The van der Waals surface area contributed by atoms with Gasteiger partial charge in [-0.3, -0.25) is 9.59 Å². The number of H-pyrrole nitrogens is 1. The molecule has 1 N–H and O–H groups in total. The Morgan fingerprint density at radius 1 is 1.00 bits per heavy atom. The molecule has 3 nitrogen and oxygen atoms in total. The third kappa shape index (κ3) is 1.84. The number of rotatable bonds is 0. The molecule has 2 aliphatic rings. The van der Waals surface area contributed by atoms with Crippen molar-refractivity contribution in [3.63, 3.8) is 0 Å². The van der Waals surface area contributed by atoms with E-state index in [-0.39, 0.29) is 16.8 Å². The number of aromatic nitrogens is 1. The molecule has 1 aromatic heterocycles. The third-order valence-corrected chi connectivity index (χ3v) is 4.30. The molecule has 0 unspecified atom stereocenters. The normalized spacial score (nSPS) is 22.5. The number of hydrogen-bond acceptors (Lipinski definition) is 2. The fraction of sp³-hybridized carbons (Fsp3) is 0.571. The summed E-state index contributed by atoms with van der Waals surface area (Å²) >= 11 is 0. The average molecular weight is 231 g/mol. The van der Waals surface area contributed by atoms with Crippen molar-refractivity contribution in [2.45, 2.75) is 44.9 Å². The van der Waals surface area contributed by atoms with E-state index >= 15 is 0 Å². The highest BCUT2D eigenvalue weighted by Crippen LogP contribution is 2.45. The van der Waals surface area contributed by atoms with Crippen LogP contribution in [0.5, 0.6) is 0 Å². The molecular formula is C14H17NO2. The second-order valence-electron chi connectivity index (χ2n) is 5.55. The van der Waals surface area contributed by atoms with Gasteiger partial charge in [0, 0.05) is 23.7 Å². The predicted octanol–water partition coefficient (Wildman–Crippen LogP) is 2.45. The van der Waals surface area contributed by atoms with Gasteiger partial charge in [0.2, 0.25) is 5.56 Å². The van der Waals surface area contributed by atoms with Gasteiger partial charge in [-0.1, -0.05) is 19.3 Å². The first-order chi connectivity index (χ1) is 8.19. The van der Waals surface area contributed by atoms with Crippen LogP contribution in [0.4, 0.5) is 0 Å². The van der Waals surface area contributed by atoms with E-state index in [9.17, 15) is 9.59 Å². The Balaban J connectivity index is 2.01. The summed E-state index contributed by atoms with van der Waals surface area (Å²) in [6.07, 6.45) is 7.55. The van der Waals surface area contributed by atoms with Gasteiger partial charge < -0.3 is 4.98 Å². The standard InChI is InChI=1S/C14H17NO2/c16-12-9-14(6-2-1-3-7-14)8-11-10(12)4-5-13(17)15-11/h4-5H,1-3,6-9H2,(H,15,17). The Labute approximate surface area is 100 Å². The monoisotopic (exact) mass is 231 g/mol. The zero-order chi connectivity index (χ0) is 11.9. The van der Waals surface area contributed by atoms with Crippen LogP contribution in [0.2, 0.25) is 0 Å². The SMILES string of the molecule is O=C1CC2(CCCCC2)Cc2[nH]c(=O)ccc21. The van der Waals surface area contributed by atoms with E-state index in [4.69, 9.17) is 0 Å². The lowest BCUT2D eigenvalue weighted by molar-refractivity contribution is 0.0817. The van der Waals surface area contributed by atoms with Gasteiger partial charge in [0.1, 0.15) is 0 Å². The van der Waals surface area contributed by atoms with E-state index < -0.39 is 0 Å². The predicted molar refractivity (Wildman–Crippen MR) is 65.2 cm³/mol. The first-order valence-electron chi connectivity index (χ1n) is 6.44. The van der Waals surface area contributed by atoms with Crippen molar-refractivity contribution < 1.29 is 4.79 Å². The molecular weight excluding hydrogens is 214 g/mol. The van der Waals surface area contributed by atoms with Crippen molar-refractivity contribution in [3.05, 3.63) is 33.7 Å². The van der Waals surface area contributed by atoms with Gasteiger partial charge in [-0.05, 0) is 30.7 Å². The van der Waals surface area contributed by atoms with Gasteiger partial charge in [-0.15, -0.1) is 0 Å². The maximum atomic E-state index is 12.1. The maximum Gasteiger partial charge on any atom is 0.248 e. The molecule has 0 bridgehead atoms. The number of hydrogen-bond donors (Lipinski definition) is 1. The first-order valence-corrected chi connectivity index (χ1v) is 6.44. The largest absolute Gasteiger partial charge is 0.325 e. The molecule has 0 atom stereocenters. The van der Waals surface area contributed by atoms with Crippen molar-refractivity contribution in [3.8, 4) is 0 Å². The number of nitrogens with one attached hydrogen (secondary N) is 1. The van der Waals surface area contributed by atoms with Crippen LogP contribution in [-0.2, 0) is 6.42 Å². The molecule has 1 saturated carbocycles. The van der Waals surface area contributed by atoms with Gasteiger partial charge in [0.25, 0.3) is 0 Å². The lowest BCUT2D eigenvalue weighted by atomic mass is 9.64. The smallest absolute Gasteiger partial charge is 0.248 e. The van der Waals surface area contributed by atoms with Gasteiger partial charge in [-0.25, -0.2) is 0 Å². The molecule has 0 radical (unpaired) electrons. The molecule has 1 spiro atoms. The molecule has 0 aromatic carbocycles. The van der Waals surface area contributed by atoms with Crippen molar-refractivity contribution in [1.82, 2.24) is 4.98 Å². The Hall–Kier alpha value is -1.38. The number of ketones is 1. The number of pyridine rings is 1. The van der Waals surface area contributed by atoms with Crippen LogP contribution in [0.15, 0.2) is 16.9 Å². The molecule has 17 heavy (non-hydrogen) atoms. The van der Waals surface area contributed by atoms with E-state index in [1.54, 1.807) is 6.07 Å². The highest BCUT2D eigenvalue weighted by atomic mass is 16.1. The van der Waals surface area contributed by atoms with Crippen molar-refractivity contribution in [1.29, 1.82) is 0 Å². The summed E-state index contributed by atoms with van der Waals surface area (Å²) in [5, 5.41) is 0. The minimum Gasteiger partial charge on any atom is -0.325 e. The molecule has 0 amide bonds. The van der Waals surface area contributed by atoms with E-state index in [0.717, 1.165) is 30.5 Å². The summed E-state index contributed by atoms with van der Waals surface area (Å²) in [4.78, 5) is 26.4. The fourth-order valence-electron chi connectivity index (χ4n) is 3.45. The Kier molecular flexibility index (Phi) is 2.42. The zero-order valence-electron chi connectivity index (χ0n) is 9.92. The lowest BCUT2D eigenvalue weighted by Gasteiger charge is -2.40. The van der Waals surface area contributed by atoms with Crippen LogP contribution in [0.25, 0.3) is 0 Å². The second kappa shape index (κ2) is 3.83. The topological polar surface area (TPSA) is 49.9 Å². The van der Waals surface area contributed by atoms with E-state index in [0.29, 0.717) is 6.42 Å². The van der Waals surface area contributed by atoms with E-state index in [1.165, 1.54) is 25.3 Å². The molecule has 90 valence electrons. The lowest BCUT2D eigenvalue weighted by Crippen LogP contribution is -2.35. The first kappa shape index (κ1) is 10.8. The summed E-state index contributed by atoms with van der Waals surface area (Å²) in [5.74, 6) is 0.212. The van der Waals surface area contributed by atoms with Gasteiger partial charge in [-0.2, -0.15) is 0 Å². The Bertz CT molecular complexity index is 509. The van der Waals surface area contributed by atoms with E-state index in [1.807, 2.05) is 0 Å². The molecule has 2 aliphatic carbocycles. The van der Waals surface area contributed by atoms with Crippen molar-refractivity contribution in [2.24, 2.45) is 5.41 Å². The van der Waals surface area contributed by atoms with Crippen LogP contribution in [0, 0.1) is 5.41 Å². The number of carbonyl (C=O) groups excluding carboxylic acids is 1. The van der Waals surface area contributed by atoms with Gasteiger partial charge in [0.15, 0.2) is 5.78 Å². The third-order valence-electron chi connectivity index (χ3n) is 4.30. The summed E-state index contributed by atoms with van der Waals surface area (Å²) in [5.41, 5.74) is 1.66. The van der Waals surface area contributed by atoms with Crippen LogP contribution in [0.3, 0.4) is 0 Å². The molecule has 3 heteroatoms. The second-order valence-corrected chi connectivity index (χ2v) is 5.55. The molecule has 0 aliphatic heterocycles. The molecule has 0 saturated heterocycles. The van der Waals surface area contributed by atoms with Crippen molar-refractivity contribution >= 4 is 5.78 Å². The van der Waals surface area contributed by atoms with Crippen molar-refractivity contribution in [2.75, 3.05) is 0 Å². The molecule has 1 aromatic rings. The summed E-state index contributed by atoms with van der Waals surface area (Å²) < 4.78 is 0. The summed E-state index contributed by atoms with van der Waals surface area (Å²) in [6, 6.07) is 3.14. The number of aromatic amines is 1. The Morgan fingerprint density at radius 2 is 1.76 bits per heavy atom. The van der Waals surface area contributed by atoms with E-state index in [2.05, 4.69) is 4.98 Å². The number of Topliss-reactive ketones (excluding diaryl/α,β-unsaturated/α-hetero) is 1. The number of carbonyl (C=O) groups is 1. The zero-order valence-corrected chi connectivity index (χ0v) is 9.92. The highest BCUT2D eigenvalue weighted by molar-refractivity contribution is 5.98. The fourth-order valence-corrected chi connectivity index (χ4v) is 3.45. The number of fused-ring (bicyclic) bond motifs is 1. The Morgan fingerprint density at radius 3 is 2.53 bits per heavy atom. The van der Waals surface area contributed by atoms with Crippen LogP contribution in [0.1, 0.15) is 54.6 Å². The minimum absolute atomic E-state index is 0.0931. The minimum atomic E-state index is -0.0931. The van der Waals surface area contributed by atoms with Gasteiger partial charge >= 0.3 is 0 Å². The summed E-state index contributed by atoms with van der Waals surface area (Å²) in [7, 11) is 0.